The number of nitrogens with zero attached hydrogens (tertiary/aromatic N) is 2. The molecule has 1 aromatic heterocycles. The third-order valence-corrected chi connectivity index (χ3v) is 3.46. The molecule has 1 unspecified atom stereocenters. The molecule has 0 aliphatic rings. The molecule has 14 heavy (non-hydrogen) atoms. The quantitative estimate of drug-likeness (QED) is 0.350. The molecule has 0 aliphatic carbocycles. The number of rotatable bonds is 4. The van der Waals surface area contributed by atoms with Crippen LogP contribution in [0.25, 0.3) is 0 Å². The van der Waals surface area contributed by atoms with Crippen molar-refractivity contribution in [3.05, 3.63) is 18.7 Å². The van der Waals surface area contributed by atoms with E-state index in [0.29, 0.717) is 6.54 Å². The first-order valence-electron chi connectivity index (χ1n) is 3.58. The van der Waals surface area contributed by atoms with Crippen LogP contribution in [0, 0.1) is 0 Å². The molecule has 0 amide bonds. The van der Waals surface area contributed by atoms with Crippen LogP contribution in [0.15, 0.2) is 18.7 Å². The van der Waals surface area contributed by atoms with Crippen LogP contribution in [-0.4, -0.2) is 27.1 Å². The van der Waals surface area contributed by atoms with Crippen LogP contribution in [0.3, 0.4) is 0 Å². The third-order valence-electron chi connectivity index (χ3n) is 1.53. The van der Waals surface area contributed by atoms with Crippen LogP contribution in [-0.2, 0) is 16.7 Å². The predicted octanol–water partition coefficient (Wildman–Crippen LogP) is -2.92. The number of aromatic nitrogens is 2. The summed E-state index contributed by atoms with van der Waals surface area (Å²) in [4.78, 5) is 3.77. The van der Waals surface area contributed by atoms with E-state index < -0.39 is 14.7 Å². The van der Waals surface area contributed by atoms with Crippen LogP contribution in [0.5, 0.6) is 0 Å². The molecule has 0 radical (unpaired) electrons. The second-order valence-corrected chi connectivity index (χ2v) is 5.06. The zero-order valence-electron chi connectivity index (χ0n) is 7.70. The van der Waals surface area contributed by atoms with E-state index in [1.54, 1.807) is 23.3 Å². The average molecular weight is 244 g/mol. The van der Waals surface area contributed by atoms with Gasteiger partial charge in [-0.1, -0.05) is 0 Å². The minimum Gasteiger partial charge on any atom is -0.747 e. The summed E-state index contributed by atoms with van der Waals surface area (Å²) in [5.74, 6) is 0. The van der Waals surface area contributed by atoms with Gasteiger partial charge >= 0.3 is 29.6 Å². The van der Waals surface area contributed by atoms with Crippen molar-refractivity contribution < 1.29 is 42.5 Å². The Bertz CT molecular complexity index is 351. The zero-order chi connectivity index (χ0) is 9.90. The van der Waals surface area contributed by atoms with E-state index in [9.17, 15) is 13.0 Å². The normalized spacial score (nSPS) is 13.3. The van der Waals surface area contributed by atoms with Gasteiger partial charge in [-0.25, -0.2) is 13.4 Å². The molecule has 8 heteroatoms. The van der Waals surface area contributed by atoms with E-state index in [1.807, 2.05) is 0 Å². The molecular formula is C6H9N2NaO3S2. The topological polar surface area (TPSA) is 75.0 Å². The molecule has 5 nitrogen and oxygen atoms in total. The molecule has 0 aromatic carbocycles. The fraction of sp³-hybridized carbons (Fsp3) is 0.500. The number of aryl methyl sites for hydroxylation is 1. The van der Waals surface area contributed by atoms with Crippen LogP contribution in [0.2, 0.25) is 0 Å². The Morgan fingerprint density at radius 1 is 1.57 bits per heavy atom. The fourth-order valence-corrected chi connectivity index (χ4v) is 1.33. The summed E-state index contributed by atoms with van der Waals surface area (Å²) in [5, 5.41) is 0. The van der Waals surface area contributed by atoms with Crippen molar-refractivity contribution in [1.29, 1.82) is 0 Å². The summed E-state index contributed by atoms with van der Waals surface area (Å²) in [5.41, 5.74) is 0. The zero-order valence-corrected chi connectivity index (χ0v) is 11.4. The van der Waals surface area contributed by atoms with Gasteiger partial charge in [0.1, 0.15) is 10.1 Å². The Labute approximate surface area is 110 Å². The second-order valence-electron chi connectivity index (χ2n) is 2.54. The first-order chi connectivity index (χ1) is 6.00. The van der Waals surface area contributed by atoms with Crippen molar-refractivity contribution in [2.75, 3.05) is 0 Å². The monoisotopic (exact) mass is 244 g/mol. The van der Waals surface area contributed by atoms with Gasteiger partial charge in [0, 0.05) is 18.9 Å². The van der Waals surface area contributed by atoms with Crippen molar-refractivity contribution in [2.45, 2.75) is 17.5 Å². The van der Waals surface area contributed by atoms with Crippen LogP contribution in [0.4, 0.5) is 0 Å². The van der Waals surface area contributed by atoms with Gasteiger partial charge in [0.15, 0.2) is 0 Å². The van der Waals surface area contributed by atoms with Crippen LogP contribution < -0.4 is 29.6 Å². The average Bonchev–Trinajstić information content (AvgIpc) is 2.50. The third kappa shape index (κ3) is 4.81. The smallest absolute Gasteiger partial charge is 0.747 e. The first-order valence-corrected chi connectivity index (χ1v) is 5.57. The molecule has 0 N–H and O–H groups in total. The number of thiol groups is 1. The summed E-state index contributed by atoms with van der Waals surface area (Å²) >= 11 is 3.69. The van der Waals surface area contributed by atoms with Gasteiger partial charge in [0.05, 0.1) is 10.9 Å². The van der Waals surface area contributed by atoms with Gasteiger partial charge < -0.3 is 9.12 Å². The van der Waals surface area contributed by atoms with E-state index in [4.69, 9.17) is 0 Å². The molecule has 1 aromatic rings. The Morgan fingerprint density at radius 3 is 2.64 bits per heavy atom. The molecule has 1 rings (SSSR count). The minimum absolute atomic E-state index is 0. The molecule has 74 valence electrons. The number of hydrogen-bond acceptors (Lipinski definition) is 5. The maximum atomic E-state index is 10.4. The number of imidazole rings is 1. The van der Waals surface area contributed by atoms with Gasteiger partial charge in [-0.3, -0.25) is 0 Å². The molecule has 0 saturated heterocycles. The summed E-state index contributed by atoms with van der Waals surface area (Å²) in [6.45, 7) is 0.426. The van der Waals surface area contributed by atoms with Crippen molar-refractivity contribution in [3.63, 3.8) is 0 Å². The van der Waals surface area contributed by atoms with E-state index in [-0.39, 0.29) is 36.0 Å². The predicted molar refractivity (Wildman–Crippen MR) is 49.3 cm³/mol. The summed E-state index contributed by atoms with van der Waals surface area (Å²) < 4.78 is 31.8. The molecule has 1 atom stereocenters. The Hall–Kier alpha value is 0.470. The Balaban J connectivity index is 0.00000169. The SMILES string of the molecule is O=S(=O)([O-])C(S)CCn1ccnc1.[Na+]. The first kappa shape index (κ1) is 14.5. The van der Waals surface area contributed by atoms with E-state index in [1.165, 1.54) is 0 Å². The van der Waals surface area contributed by atoms with Crippen molar-refractivity contribution in [1.82, 2.24) is 9.55 Å². The largest absolute Gasteiger partial charge is 1.00 e. The maximum absolute atomic E-state index is 10.4. The fourth-order valence-electron chi connectivity index (χ4n) is 0.823. The molecule has 0 fully saturated rings. The Kier molecular flexibility index (Phi) is 6.35. The molecule has 0 saturated carbocycles. The van der Waals surface area contributed by atoms with Gasteiger partial charge in [0.25, 0.3) is 0 Å². The minimum atomic E-state index is -4.28. The number of hydrogen-bond donors (Lipinski definition) is 1. The summed E-state index contributed by atoms with van der Waals surface area (Å²) in [7, 11) is -4.28. The van der Waals surface area contributed by atoms with Crippen molar-refractivity contribution >= 4 is 22.7 Å². The molecule has 0 bridgehead atoms. The Morgan fingerprint density at radius 2 is 2.21 bits per heavy atom. The molecule has 0 spiro atoms. The summed E-state index contributed by atoms with van der Waals surface area (Å²) in [6.07, 6.45) is 5.01. The van der Waals surface area contributed by atoms with Gasteiger partial charge in [-0.15, -0.1) is 0 Å². The van der Waals surface area contributed by atoms with Gasteiger partial charge in [-0.2, -0.15) is 12.6 Å². The second kappa shape index (κ2) is 6.14. The summed E-state index contributed by atoms with van der Waals surface area (Å²) in [6, 6.07) is 0. The van der Waals surface area contributed by atoms with Crippen LogP contribution in [0.1, 0.15) is 6.42 Å². The standard InChI is InChI=1S/C6H10N2O3S2.Na/c9-13(10,11)6(12)1-3-8-4-2-7-5-8;/h2,4-6,12H,1,3H2,(H,9,10,11);/q;+1/p-1. The van der Waals surface area contributed by atoms with Crippen molar-refractivity contribution in [3.8, 4) is 0 Å². The van der Waals surface area contributed by atoms with E-state index >= 15 is 0 Å². The van der Waals surface area contributed by atoms with Crippen molar-refractivity contribution in [2.24, 2.45) is 0 Å². The maximum Gasteiger partial charge on any atom is 1.00 e. The molecule has 0 aliphatic heterocycles. The molecular weight excluding hydrogens is 235 g/mol. The van der Waals surface area contributed by atoms with Gasteiger partial charge in [-0.05, 0) is 6.42 Å². The van der Waals surface area contributed by atoms with Gasteiger partial charge in [0.2, 0.25) is 0 Å². The molecule has 1 heterocycles. The van der Waals surface area contributed by atoms with E-state index in [0.717, 1.165) is 0 Å². The van der Waals surface area contributed by atoms with Crippen LogP contribution >= 0.6 is 12.6 Å². The van der Waals surface area contributed by atoms with E-state index in [2.05, 4.69) is 17.6 Å².